The largest absolute Gasteiger partial charge is 0.368 e. The molecule has 2 unspecified atom stereocenters. The zero-order valence-corrected chi connectivity index (χ0v) is 22.1. The van der Waals surface area contributed by atoms with Gasteiger partial charge in [0.25, 0.3) is 5.91 Å². The van der Waals surface area contributed by atoms with Crippen molar-refractivity contribution in [3.8, 4) is 0 Å². The summed E-state index contributed by atoms with van der Waals surface area (Å²) in [5, 5.41) is 3.45. The summed E-state index contributed by atoms with van der Waals surface area (Å²) >= 11 is 0. The fourth-order valence-electron chi connectivity index (χ4n) is 4.57. The minimum absolute atomic E-state index is 0. The van der Waals surface area contributed by atoms with Gasteiger partial charge >= 0.3 is 0 Å². The van der Waals surface area contributed by atoms with Crippen LogP contribution in [0, 0.1) is 5.92 Å². The van der Waals surface area contributed by atoms with E-state index < -0.39 is 0 Å². The molecule has 9 heteroatoms. The molecular weight excluding hydrogens is 507 g/mol. The van der Waals surface area contributed by atoms with Crippen molar-refractivity contribution in [2.45, 2.75) is 39.7 Å². The molecule has 180 valence electrons. The molecule has 0 saturated carbocycles. The number of ether oxygens (including phenoxy) is 1. The molecule has 0 aliphatic carbocycles. The number of likely N-dealkylation sites (N-methyl/N-ethyl adjacent to an activating group) is 1. The Labute approximate surface area is 205 Å². The number of carbonyl (C=O) groups is 1. The highest BCUT2D eigenvalue weighted by atomic mass is 127. The zero-order chi connectivity index (χ0) is 21.3. The van der Waals surface area contributed by atoms with Crippen molar-refractivity contribution in [3.63, 3.8) is 0 Å². The maximum absolute atomic E-state index is 12.6. The lowest BCUT2D eigenvalue weighted by molar-refractivity contribution is -0.142. The van der Waals surface area contributed by atoms with Gasteiger partial charge in [0.2, 0.25) is 0 Å². The lowest BCUT2D eigenvalue weighted by atomic mass is 10.1. The standard InChI is InChI=1S/C22H42N6O2.HI/c1-4-23-22(24-17-19(3)18-26-10-8-25(5-2)9-11-26)28-14-12-27(13-15-28)21(29)20-7-6-16-30-20;/h19-20H,4-18H2,1-3H3,(H,23,24);1H. The average molecular weight is 551 g/mol. The van der Waals surface area contributed by atoms with E-state index in [0.717, 1.165) is 77.8 Å². The number of carbonyl (C=O) groups excluding carboxylic acids is 1. The maximum Gasteiger partial charge on any atom is 0.251 e. The van der Waals surface area contributed by atoms with Gasteiger partial charge in [0.15, 0.2) is 5.96 Å². The number of nitrogens with one attached hydrogen (secondary N) is 1. The summed E-state index contributed by atoms with van der Waals surface area (Å²) in [6.45, 7) is 19.2. The lowest BCUT2D eigenvalue weighted by Gasteiger charge is -2.37. The van der Waals surface area contributed by atoms with Gasteiger partial charge in [0.1, 0.15) is 6.10 Å². The Kier molecular flexibility index (Phi) is 11.8. The molecule has 3 rings (SSSR count). The predicted octanol–water partition coefficient (Wildman–Crippen LogP) is 1.17. The van der Waals surface area contributed by atoms with E-state index in [2.05, 4.69) is 40.8 Å². The van der Waals surface area contributed by atoms with Crippen molar-refractivity contribution in [2.24, 2.45) is 10.9 Å². The van der Waals surface area contributed by atoms with Crippen LogP contribution in [0.1, 0.15) is 33.6 Å². The summed E-state index contributed by atoms with van der Waals surface area (Å²) in [4.78, 5) is 26.9. The molecule has 0 bridgehead atoms. The summed E-state index contributed by atoms with van der Waals surface area (Å²) in [6.07, 6.45) is 1.66. The summed E-state index contributed by atoms with van der Waals surface area (Å²) in [7, 11) is 0. The third-order valence-corrected chi connectivity index (χ3v) is 6.47. The van der Waals surface area contributed by atoms with Crippen molar-refractivity contribution >= 4 is 35.8 Å². The predicted molar refractivity (Wildman–Crippen MR) is 136 cm³/mol. The van der Waals surface area contributed by atoms with E-state index in [1.807, 2.05) is 4.90 Å². The Morgan fingerprint density at radius 1 is 1.03 bits per heavy atom. The molecule has 3 aliphatic rings. The molecule has 0 spiro atoms. The Morgan fingerprint density at radius 3 is 2.26 bits per heavy atom. The second-order valence-corrected chi connectivity index (χ2v) is 8.85. The molecule has 3 aliphatic heterocycles. The molecule has 0 aromatic rings. The number of amides is 1. The van der Waals surface area contributed by atoms with Crippen LogP contribution in [0.3, 0.4) is 0 Å². The molecule has 2 atom stereocenters. The molecule has 1 N–H and O–H groups in total. The average Bonchev–Trinajstić information content (AvgIpc) is 3.32. The van der Waals surface area contributed by atoms with Gasteiger partial charge in [-0.1, -0.05) is 13.8 Å². The molecule has 3 saturated heterocycles. The van der Waals surface area contributed by atoms with Crippen molar-refractivity contribution in [1.82, 2.24) is 24.9 Å². The number of piperazine rings is 2. The molecule has 3 fully saturated rings. The van der Waals surface area contributed by atoms with E-state index in [4.69, 9.17) is 9.73 Å². The van der Waals surface area contributed by atoms with Gasteiger partial charge in [0, 0.05) is 78.6 Å². The molecule has 0 radical (unpaired) electrons. The third-order valence-electron chi connectivity index (χ3n) is 6.47. The van der Waals surface area contributed by atoms with Crippen molar-refractivity contribution < 1.29 is 9.53 Å². The number of hydrogen-bond acceptors (Lipinski definition) is 5. The molecule has 8 nitrogen and oxygen atoms in total. The first kappa shape index (κ1) is 26.6. The first-order valence-electron chi connectivity index (χ1n) is 12.0. The molecule has 0 aromatic heterocycles. The SMILES string of the molecule is CCNC(=NCC(C)CN1CCN(CC)CC1)N1CCN(C(=O)C2CCCO2)CC1.I. The van der Waals surface area contributed by atoms with Gasteiger partial charge in [-0.25, -0.2) is 0 Å². The van der Waals surface area contributed by atoms with Crippen LogP contribution in [-0.4, -0.2) is 123 Å². The number of rotatable bonds is 7. The minimum atomic E-state index is -0.210. The Hall–Kier alpha value is -0.650. The van der Waals surface area contributed by atoms with Crippen LogP contribution in [0.25, 0.3) is 0 Å². The number of nitrogens with zero attached hydrogens (tertiary/aromatic N) is 5. The van der Waals surface area contributed by atoms with Crippen LogP contribution in [0.4, 0.5) is 0 Å². The van der Waals surface area contributed by atoms with Gasteiger partial charge in [-0.2, -0.15) is 0 Å². The highest BCUT2D eigenvalue weighted by Gasteiger charge is 2.31. The highest BCUT2D eigenvalue weighted by molar-refractivity contribution is 14.0. The maximum atomic E-state index is 12.6. The first-order valence-corrected chi connectivity index (χ1v) is 12.0. The second kappa shape index (κ2) is 13.8. The van der Waals surface area contributed by atoms with Gasteiger partial charge in [-0.3, -0.25) is 9.79 Å². The Bertz CT molecular complexity index is 556. The summed E-state index contributed by atoms with van der Waals surface area (Å²) in [5.74, 6) is 1.70. The van der Waals surface area contributed by atoms with Gasteiger partial charge in [-0.05, 0) is 32.2 Å². The number of aliphatic imine (C=N–C) groups is 1. The van der Waals surface area contributed by atoms with Crippen LogP contribution < -0.4 is 5.32 Å². The first-order chi connectivity index (χ1) is 14.6. The van der Waals surface area contributed by atoms with Crippen LogP contribution in [0.15, 0.2) is 4.99 Å². The molecular formula is C22H43IN6O2. The molecule has 31 heavy (non-hydrogen) atoms. The van der Waals surface area contributed by atoms with E-state index in [9.17, 15) is 4.79 Å². The normalized spacial score (nSPS) is 24.7. The summed E-state index contributed by atoms with van der Waals surface area (Å²) in [6, 6.07) is 0. The molecule has 1 amide bonds. The lowest BCUT2D eigenvalue weighted by Crippen LogP contribution is -2.55. The summed E-state index contributed by atoms with van der Waals surface area (Å²) < 4.78 is 5.57. The van der Waals surface area contributed by atoms with E-state index in [0.29, 0.717) is 5.92 Å². The summed E-state index contributed by atoms with van der Waals surface area (Å²) in [5.41, 5.74) is 0. The number of hydrogen-bond donors (Lipinski definition) is 1. The fraction of sp³-hybridized carbons (Fsp3) is 0.909. The van der Waals surface area contributed by atoms with Crippen LogP contribution in [0.5, 0.6) is 0 Å². The minimum Gasteiger partial charge on any atom is -0.368 e. The van der Waals surface area contributed by atoms with E-state index >= 15 is 0 Å². The Morgan fingerprint density at radius 2 is 1.68 bits per heavy atom. The monoisotopic (exact) mass is 550 g/mol. The second-order valence-electron chi connectivity index (χ2n) is 8.85. The topological polar surface area (TPSA) is 63.7 Å². The quantitative estimate of drug-likeness (QED) is 0.292. The Balaban J connectivity index is 0.00000341. The van der Waals surface area contributed by atoms with Crippen molar-refractivity contribution in [3.05, 3.63) is 0 Å². The number of halogens is 1. The number of guanidine groups is 1. The zero-order valence-electron chi connectivity index (χ0n) is 19.7. The van der Waals surface area contributed by atoms with Crippen molar-refractivity contribution in [1.29, 1.82) is 0 Å². The van der Waals surface area contributed by atoms with E-state index in [1.54, 1.807) is 0 Å². The van der Waals surface area contributed by atoms with Crippen molar-refractivity contribution in [2.75, 3.05) is 85.1 Å². The third kappa shape index (κ3) is 8.01. The van der Waals surface area contributed by atoms with Gasteiger partial charge < -0.3 is 29.7 Å². The van der Waals surface area contributed by atoms with Crippen LogP contribution >= 0.6 is 24.0 Å². The van der Waals surface area contributed by atoms with Crippen LogP contribution in [0.2, 0.25) is 0 Å². The van der Waals surface area contributed by atoms with Gasteiger partial charge in [-0.15, -0.1) is 24.0 Å². The fourth-order valence-corrected chi connectivity index (χ4v) is 4.57. The molecule has 3 heterocycles. The highest BCUT2D eigenvalue weighted by Crippen LogP contribution is 2.16. The smallest absolute Gasteiger partial charge is 0.251 e. The van der Waals surface area contributed by atoms with E-state index in [1.165, 1.54) is 26.2 Å². The van der Waals surface area contributed by atoms with Crippen LogP contribution in [-0.2, 0) is 9.53 Å². The van der Waals surface area contributed by atoms with Gasteiger partial charge in [0.05, 0.1) is 0 Å². The molecule has 0 aromatic carbocycles. The van der Waals surface area contributed by atoms with E-state index in [-0.39, 0.29) is 36.0 Å².